The Morgan fingerprint density at radius 2 is 2.50 bits per heavy atom. The minimum absolute atomic E-state index is 0.391. The minimum atomic E-state index is 0.391. The summed E-state index contributed by atoms with van der Waals surface area (Å²) < 4.78 is 0. The smallest absolute Gasteiger partial charge is 0.0247 e. The second-order valence-corrected chi connectivity index (χ2v) is 3.02. The summed E-state index contributed by atoms with van der Waals surface area (Å²) in [7, 11) is 0. The molecule has 1 aliphatic heterocycles. The summed E-state index contributed by atoms with van der Waals surface area (Å²) in [5, 5.41) is 0. The maximum Gasteiger partial charge on any atom is 0.0247 e. The Morgan fingerprint density at radius 1 is 1.80 bits per heavy atom. The van der Waals surface area contributed by atoms with Gasteiger partial charge in [0.25, 0.3) is 0 Å². The van der Waals surface area contributed by atoms with Gasteiger partial charge in [0, 0.05) is 25.2 Å². The van der Waals surface area contributed by atoms with Crippen molar-refractivity contribution in [1.29, 1.82) is 0 Å². The van der Waals surface area contributed by atoms with E-state index in [-0.39, 0.29) is 0 Å². The van der Waals surface area contributed by atoms with Crippen molar-refractivity contribution >= 4 is 0 Å². The van der Waals surface area contributed by atoms with E-state index in [1.807, 2.05) is 6.08 Å². The SMILES string of the molecule is C=CC(C)N1CCC(N)C1. The van der Waals surface area contributed by atoms with Crippen molar-refractivity contribution < 1.29 is 0 Å². The van der Waals surface area contributed by atoms with E-state index in [4.69, 9.17) is 5.73 Å². The normalized spacial score (nSPS) is 30.4. The van der Waals surface area contributed by atoms with Gasteiger partial charge in [-0.3, -0.25) is 4.90 Å². The molecule has 1 heterocycles. The summed E-state index contributed by atoms with van der Waals surface area (Å²) in [6, 6.07) is 0.885. The Balaban J connectivity index is 2.36. The topological polar surface area (TPSA) is 29.3 Å². The fourth-order valence-corrected chi connectivity index (χ4v) is 1.33. The Bertz CT molecular complexity index is 122. The van der Waals surface area contributed by atoms with Crippen LogP contribution in [-0.4, -0.2) is 30.1 Å². The molecule has 10 heavy (non-hydrogen) atoms. The molecule has 0 aliphatic carbocycles. The predicted molar refractivity (Wildman–Crippen MR) is 43.8 cm³/mol. The molecule has 2 unspecified atom stereocenters. The van der Waals surface area contributed by atoms with E-state index < -0.39 is 0 Å². The van der Waals surface area contributed by atoms with Gasteiger partial charge in [-0.1, -0.05) is 6.08 Å². The molecule has 1 rings (SSSR count). The van der Waals surface area contributed by atoms with E-state index in [0.29, 0.717) is 12.1 Å². The molecular formula is C8H16N2. The summed E-state index contributed by atoms with van der Waals surface area (Å²) in [6.45, 7) is 8.07. The fourth-order valence-electron chi connectivity index (χ4n) is 1.33. The molecule has 0 aromatic rings. The molecule has 0 aromatic carbocycles. The third-order valence-electron chi connectivity index (χ3n) is 2.17. The standard InChI is InChI=1S/C8H16N2/c1-3-7(2)10-5-4-8(9)6-10/h3,7-8H,1,4-6,9H2,2H3. The first-order chi connectivity index (χ1) is 4.74. The third kappa shape index (κ3) is 1.58. The highest BCUT2D eigenvalue weighted by Crippen LogP contribution is 2.10. The van der Waals surface area contributed by atoms with E-state index in [9.17, 15) is 0 Å². The lowest BCUT2D eigenvalue weighted by Gasteiger charge is -2.19. The van der Waals surface area contributed by atoms with Gasteiger partial charge in [0.2, 0.25) is 0 Å². The van der Waals surface area contributed by atoms with Crippen LogP contribution in [0.2, 0.25) is 0 Å². The van der Waals surface area contributed by atoms with Crippen LogP contribution >= 0.6 is 0 Å². The Labute approximate surface area is 62.7 Å². The van der Waals surface area contributed by atoms with Crippen LogP contribution < -0.4 is 5.73 Å². The van der Waals surface area contributed by atoms with Gasteiger partial charge in [-0.2, -0.15) is 0 Å². The van der Waals surface area contributed by atoms with Crippen molar-refractivity contribution in [2.75, 3.05) is 13.1 Å². The van der Waals surface area contributed by atoms with Crippen molar-refractivity contribution in [2.45, 2.75) is 25.4 Å². The second kappa shape index (κ2) is 3.17. The molecular weight excluding hydrogens is 124 g/mol. The Hall–Kier alpha value is -0.340. The van der Waals surface area contributed by atoms with Crippen LogP contribution in [0, 0.1) is 0 Å². The molecule has 2 nitrogen and oxygen atoms in total. The summed E-state index contributed by atoms with van der Waals surface area (Å²) in [5.41, 5.74) is 5.74. The van der Waals surface area contributed by atoms with Crippen LogP contribution in [0.4, 0.5) is 0 Å². The van der Waals surface area contributed by atoms with E-state index in [1.54, 1.807) is 0 Å². The maximum absolute atomic E-state index is 5.74. The molecule has 0 aromatic heterocycles. The van der Waals surface area contributed by atoms with Crippen LogP contribution in [0.5, 0.6) is 0 Å². The summed E-state index contributed by atoms with van der Waals surface area (Å²) in [5.74, 6) is 0. The summed E-state index contributed by atoms with van der Waals surface area (Å²) in [4.78, 5) is 2.36. The number of hydrogen-bond donors (Lipinski definition) is 1. The molecule has 1 fully saturated rings. The van der Waals surface area contributed by atoms with Crippen LogP contribution in [0.25, 0.3) is 0 Å². The second-order valence-electron chi connectivity index (χ2n) is 3.02. The quantitative estimate of drug-likeness (QED) is 0.569. The van der Waals surface area contributed by atoms with E-state index in [1.165, 1.54) is 0 Å². The number of hydrogen-bond acceptors (Lipinski definition) is 2. The molecule has 0 saturated carbocycles. The van der Waals surface area contributed by atoms with E-state index >= 15 is 0 Å². The maximum atomic E-state index is 5.74. The van der Waals surface area contributed by atoms with Crippen molar-refractivity contribution in [3.05, 3.63) is 12.7 Å². The zero-order valence-corrected chi connectivity index (χ0v) is 6.59. The summed E-state index contributed by atoms with van der Waals surface area (Å²) in [6.07, 6.45) is 3.11. The lowest BCUT2D eigenvalue weighted by atomic mass is 10.3. The monoisotopic (exact) mass is 140 g/mol. The van der Waals surface area contributed by atoms with Crippen molar-refractivity contribution in [2.24, 2.45) is 5.73 Å². The lowest BCUT2D eigenvalue weighted by molar-refractivity contribution is 0.296. The van der Waals surface area contributed by atoms with Gasteiger partial charge in [-0.15, -0.1) is 6.58 Å². The first kappa shape index (κ1) is 7.76. The van der Waals surface area contributed by atoms with Crippen molar-refractivity contribution in [1.82, 2.24) is 4.90 Å². The molecule has 2 atom stereocenters. The molecule has 0 bridgehead atoms. The first-order valence-corrected chi connectivity index (χ1v) is 3.86. The number of nitrogens with zero attached hydrogens (tertiary/aromatic N) is 1. The molecule has 2 N–H and O–H groups in total. The number of nitrogens with two attached hydrogens (primary N) is 1. The van der Waals surface area contributed by atoms with Crippen molar-refractivity contribution in [3.63, 3.8) is 0 Å². The highest BCUT2D eigenvalue weighted by atomic mass is 15.2. The number of likely N-dealkylation sites (tertiary alicyclic amines) is 1. The fraction of sp³-hybridized carbons (Fsp3) is 0.750. The molecule has 1 aliphatic rings. The Kier molecular flexibility index (Phi) is 2.46. The largest absolute Gasteiger partial charge is 0.326 e. The highest BCUT2D eigenvalue weighted by Gasteiger charge is 2.21. The van der Waals surface area contributed by atoms with Crippen LogP contribution in [0.15, 0.2) is 12.7 Å². The van der Waals surface area contributed by atoms with Crippen LogP contribution in [0.3, 0.4) is 0 Å². The Morgan fingerprint density at radius 3 is 2.90 bits per heavy atom. The van der Waals surface area contributed by atoms with Gasteiger partial charge in [0.15, 0.2) is 0 Å². The third-order valence-corrected chi connectivity index (χ3v) is 2.17. The molecule has 0 radical (unpaired) electrons. The van der Waals surface area contributed by atoms with Gasteiger partial charge >= 0.3 is 0 Å². The first-order valence-electron chi connectivity index (χ1n) is 3.86. The van der Waals surface area contributed by atoms with Gasteiger partial charge < -0.3 is 5.73 Å². The van der Waals surface area contributed by atoms with Crippen LogP contribution in [0.1, 0.15) is 13.3 Å². The molecule has 1 saturated heterocycles. The molecule has 0 spiro atoms. The number of rotatable bonds is 2. The molecule has 0 amide bonds. The predicted octanol–water partition coefficient (Wildman–Crippen LogP) is 0.594. The summed E-state index contributed by atoms with van der Waals surface area (Å²) >= 11 is 0. The zero-order chi connectivity index (χ0) is 7.56. The van der Waals surface area contributed by atoms with Gasteiger partial charge in [0.05, 0.1) is 0 Å². The minimum Gasteiger partial charge on any atom is -0.326 e. The average molecular weight is 140 g/mol. The highest BCUT2D eigenvalue weighted by molar-refractivity contribution is 4.89. The average Bonchev–Trinajstić information content (AvgIpc) is 2.34. The van der Waals surface area contributed by atoms with Crippen LogP contribution in [-0.2, 0) is 0 Å². The molecule has 2 heteroatoms. The van der Waals surface area contributed by atoms with E-state index in [0.717, 1.165) is 19.5 Å². The van der Waals surface area contributed by atoms with Gasteiger partial charge in [-0.05, 0) is 13.3 Å². The molecule has 58 valence electrons. The van der Waals surface area contributed by atoms with E-state index in [2.05, 4.69) is 18.4 Å². The van der Waals surface area contributed by atoms with Crippen molar-refractivity contribution in [3.8, 4) is 0 Å². The van der Waals surface area contributed by atoms with Gasteiger partial charge in [-0.25, -0.2) is 0 Å². The lowest BCUT2D eigenvalue weighted by Crippen LogP contribution is -2.32. The zero-order valence-electron chi connectivity index (χ0n) is 6.59. The van der Waals surface area contributed by atoms with Gasteiger partial charge in [0.1, 0.15) is 0 Å².